The van der Waals surface area contributed by atoms with Crippen molar-refractivity contribution in [3.05, 3.63) is 29.3 Å². The minimum absolute atomic E-state index is 0.479. The molecule has 0 bridgehead atoms. The number of benzene rings is 1. The molecule has 11 heavy (non-hydrogen) atoms. The van der Waals surface area contributed by atoms with Gasteiger partial charge in [0.05, 0.1) is 0 Å². The molecule has 2 rings (SSSR count). The van der Waals surface area contributed by atoms with Crippen LogP contribution >= 0.6 is 0 Å². The average molecular weight is 148 g/mol. The summed E-state index contributed by atoms with van der Waals surface area (Å²) in [6.45, 7) is 2.21. The fourth-order valence-electron chi connectivity index (χ4n) is 1.84. The molecule has 0 heterocycles. The van der Waals surface area contributed by atoms with Crippen molar-refractivity contribution in [2.24, 2.45) is 0 Å². The Balaban J connectivity index is 2.57. The number of aromatic hydroxyl groups is 1. The van der Waals surface area contributed by atoms with Crippen LogP contribution in [0.5, 0.6) is 5.75 Å². The molecular weight excluding hydrogens is 136 g/mol. The summed E-state index contributed by atoms with van der Waals surface area (Å²) in [4.78, 5) is 0. The number of rotatable bonds is 0. The molecule has 0 aliphatic heterocycles. The van der Waals surface area contributed by atoms with Crippen LogP contribution in [0, 0.1) is 0 Å². The first-order valence-electron chi connectivity index (χ1n) is 4.10. The second-order valence-electron chi connectivity index (χ2n) is 3.28. The van der Waals surface area contributed by atoms with E-state index >= 15 is 0 Å². The van der Waals surface area contributed by atoms with Gasteiger partial charge < -0.3 is 5.11 Å². The van der Waals surface area contributed by atoms with Crippen LogP contribution in [-0.4, -0.2) is 5.11 Å². The molecule has 0 saturated heterocycles. The highest BCUT2D eigenvalue weighted by Crippen LogP contribution is 2.36. The van der Waals surface area contributed by atoms with E-state index in [9.17, 15) is 5.11 Å². The number of phenols is 1. The lowest BCUT2D eigenvalue weighted by Crippen LogP contribution is -1.84. The maximum atomic E-state index is 9.45. The van der Waals surface area contributed by atoms with Crippen LogP contribution in [0.1, 0.15) is 30.4 Å². The molecule has 0 amide bonds. The average Bonchev–Trinajstić information content (AvgIpc) is 2.35. The molecular formula is C10H12O. The third-order valence-corrected chi connectivity index (χ3v) is 2.55. The predicted octanol–water partition coefficient (Wildman–Crippen LogP) is 2.44. The molecule has 1 aromatic carbocycles. The summed E-state index contributed by atoms with van der Waals surface area (Å²) in [5, 5.41) is 9.45. The normalized spacial score (nSPS) is 21.7. The number of fused-ring (bicyclic) bond motifs is 1. The van der Waals surface area contributed by atoms with E-state index in [1.54, 1.807) is 6.07 Å². The highest BCUT2D eigenvalue weighted by Gasteiger charge is 2.20. The van der Waals surface area contributed by atoms with Crippen molar-refractivity contribution in [3.63, 3.8) is 0 Å². The van der Waals surface area contributed by atoms with E-state index < -0.39 is 0 Å². The molecule has 58 valence electrons. The van der Waals surface area contributed by atoms with Crippen LogP contribution in [0.4, 0.5) is 0 Å². The molecule has 0 spiro atoms. The van der Waals surface area contributed by atoms with Gasteiger partial charge in [0.1, 0.15) is 5.75 Å². The Kier molecular flexibility index (Phi) is 1.38. The van der Waals surface area contributed by atoms with Gasteiger partial charge in [0.15, 0.2) is 0 Å². The summed E-state index contributed by atoms with van der Waals surface area (Å²) in [5.41, 5.74) is 2.50. The summed E-state index contributed by atoms with van der Waals surface area (Å²) >= 11 is 0. The van der Waals surface area contributed by atoms with Crippen LogP contribution < -0.4 is 0 Å². The zero-order valence-corrected chi connectivity index (χ0v) is 6.67. The highest BCUT2D eigenvalue weighted by atomic mass is 16.3. The third kappa shape index (κ3) is 0.917. The molecule has 1 aromatic rings. The Morgan fingerprint density at radius 2 is 2.27 bits per heavy atom. The van der Waals surface area contributed by atoms with Gasteiger partial charge in [-0.25, -0.2) is 0 Å². The largest absolute Gasteiger partial charge is 0.508 e. The fraction of sp³-hybridized carbons (Fsp3) is 0.400. The Morgan fingerprint density at radius 3 is 3.00 bits per heavy atom. The monoisotopic (exact) mass is 148 g/mol. The lowest BCUT2D eigenvalue weighted by molar-refractivity contribution is 0.469. The van der Waals surface area contributed by atoms with E-state index in [1.807, 2.05) is 6.07 Å². The van der Waals surface area contributed by atoms with Crippen LogP contribution in [0.15, 0.2) is 18.2 Å². The topological polar surface area (TPSA) is 20.2 Å². The van der Waals surface area contributed by atoms with Crippen LogP contribution in [0.25, 0.3) is 0 Å². The van der Waals surface area contributed by atoms with Crippen molar-refractivity contribution in [1.29, 1.82) is 0 Å². The number of hydrogen-bond donors (Lipinski definition) is 1. The van der Waals surface area contributed by atoms with Gasteiger partial charge in [0.25, 0.3) is 0 Å². The van der Waals surface area contributed by atoms with Gasteiger partial charge in [-0.1, -0.05) is 19.1 Å². The van der Waals surface area contributed by atoms with Gasteiger partial charge in [0.2, 0.25) is 0 Å². The van der Waals surface area contributed by atoms with Gasteiger partial charge in [0, 0.05) is 0 Å². The van der Waals surface area contributed by atoms with Gasteiger partial charge in [-0.05, 0) is 36.0 Å². The van der Waals surface area contributed by atoms with E-state index in [0.29, 0.717) is 11.7 Å². The maximum Gasteiger partial charge on any atom is 0.119 e. The lowest BCUT2D eigenvalue weighted by atomic mass is 10.0. The molecule has 0 radical (unpaired) electrons. The van der Waals surface area contributed by atoms with E-state index in [-0.39, 0.29) is 0 Å². The van der Waals surface area contributed by atoms with E-state index in [2.05, 4.69) is 13.0 Å². The smallest absolute Gasteiger partial charge is 0.119 e. The molecule has 1 N–H and O–H groups in total. The van der Waals surface area contributed by atoms with Crippen molar-refractivity contribution in [1.82, 2.24) is 0 Å². The van der Waals surface area contributed by atoms with E-state index in [4.69, 9.17) is 0 Å². The minimum Gasteiger partial charge on any atom is -0.508 e. The molecule has 1 aliphatic carbocycles. The van der Waals surface area contributed by atoms with E-state index in [0.717, 1.165) is 6.42 Å². The maximum absolute atomic E-state index is 9.45. The number of hydrogen-bond acceptors (Lipinski definition) is 1. The molecule has 1 aliphatic rings. The van der Waals surface area contributed by atoms with Crippen molar-refractivity contribution in [2.45, 2.75) is 25.7 Å². The Labute approximate surface area is 66.7 Å². The van der Waals surface area contributed by atoms with Gasteiger partial charge in [-0.15, -0.1) is 0 Å². The zero-order chi connectivity index (χ0) is 7.84. The molecule has 1 atom stereocenters. The Morgan fingerprint density at radius 1 is 1.45 bits per heavy atom. The number of phenolic OH excluding ortho intramolecular Hbond substituents is 1. The Hall–Kier alpha value is -0.980. The molecule has 0 fully saturated rings. The van der Waals surface area contributed by atoms with Gasteiger partial charge >= 0.3 is 0 Å². The van der Waals surface area contributed by atoms with E-state index in [1.165, 1.54) is 17.5 Å². The SMILES string of the molecule is CC1CCc2c(O)cccc21. The highest BCUT2D eigenvalue weighted by molar-refractivity contribution is 5.43. The lowest BCUT2D eigenvalue weighted by Gasteiger charge is -2.03. The van der Waals surface area contributed by atoms with Crippen molar-refractivity contribution >= 4 is 0 Å². The molecule has 0 aromatic heterocycles. The zero-order valence-electron chi connectivity index (χ0n) is 6.67. The molecule has 1 unspecified atom stereocenters. The first-order valence-corrected chi connectivity index (χ1v) is 4.10. The second kappa shape index (κ2) is 2.26. The van der Waals surface area contributed by atoms with Crippen molar-refractivity contribution < 1.29 is 5.11 Å². The molecule has 1 heteroatoms. The van der Waals surface area contributed by atoms with Crippen LogP contribution in [0.3, 0.4) is 0 Å². The summed E-state index contributed by atoms with van der Waals surface area (Å²) in [7, 11) is 0. The molecule has 1 nitrogen and oxygen atoms in total. The Bertz CT molecular complexity index is 278. The predicted molar refractivity (Wildman–Crippen MR) is 44.8 cm³/mol. The quantitative estimate of drug-likeness (QED) is 0.599. The van der Waals surface area contributed by atoms with Crippen molar-refractivity contribution in [3.8, 4) is 5.75 Å². The van der Waals surface area contributed by atoms with Crippen LogP contribution in [0.2, 0.25) is 0 Å². The third-order valence-electron chi connectivity index (χ3n) is 2.55. The summed E-state index contributed by atoms with van der Waals surface area (Å²) < 4.78 is 0. The summed E-state index contributed by atoms with van der Waals surface area (Å²) in [6.07, 6.45) is 2.23. The van der Waals surface area contributed by atoms with Crippen molar-refractivity contribution in [2.75, 3.05) is 0 Å². The first kappa shape index (κ1) is 6.71. The fourth-order valence-corrected chi connectivity index (χ4v) is 1.84. The standard InChI is InChI=1S/C10H12O/c1-7-5-6-9-8(7)3-2-4-10(9)11/h2-4,7,11H,5-6H2,1H3. The van der Waals surface area contributed by atoms with Gasteiger partial charge in [-0.2, -0.15) is 0 Å². The molecule has 0 saturated carbocycles. The van der Waals surface area contributed by atoms with Crippen LogP contribution in [-0.2, 0) is 6.42 Å². The van der Waals surface area contributed by atoms with Gasteiger partial charge in [-0.3, -0.25) is 0 Å². The minimum atomic E-state index is 0.479. The second-order valence-corrected chi connectivity index (χ2v) is 3.28. The summed E-state index contributed by atoms with van der Waals surface area (Å²) in [6, 6.07) is 5.82. The first-order chi connectivity index (χ1) is 5.29. The summed E-state index contributed by atoms with van der Waals surface area (Å²) in [5.74, 6) is 1.11.